The first-order chi connectivity index (χ1) is 10.2. The van der Waals surface area contributed by atoms with Gasteiger partial charge in [0, 0.05) is 18.7 Å². The molecule has 1 aromatic carbocycles. The number of aryl methyl sites for hydroxylation is 1. The number of hydrogen-bond donors (Lipinski definition) is 1. The average molecular weight is 288 g/mol. The van der Waals surface area contributed by atoms with Crippen LogP contribution in [0.4, 0.5) is 5.69 Å². The van der Waals surface area contributed by atoms with Crippen molar-refractivity contribution < 1.29 is 9.59 Å². The molecular formula is C17H24N2O2. The fourth-order valence-electron chi connectivity index (χ4n) is 2.82. The summed E-state index contributed by atoms with van der Waals surface area (Å²) in [6, 6.07) is 7.63. The second-order valence-electron chi connectivity index (χ2n) is 5.53. The van der Waals surface area contributed by atoms with E-state index in [-0.39, 0.29) is 17.9 Å². The standard InChI is InChI=1S/C17H24N2O2/c1-3-7-13-9-5-6-10-15(13)19-12-11-16(20)18-14(8-4-2)17(19)21/h5-6,9-10,14H,3-4,7-8,11-12H2,1-2H3,(H,18,20). The lowest BCUT2D eigenvalue weighted by Crippen LogP contribution is -2.45. The van der Waals surface area contributed by atoms with Gasteiger partial charge in [0.25, 0.3) is 0 Å². The molecule has 0 saturated carbocycles. The Morgan fingerprint density at radius 2 is 1.95 bits per heavy atom. The highest BCUT2D eigenvalue weighted by Crippen LogP contribution is 2.24. The van der Waals surface area contributed by atoms with Crippen LogP contribution in [0, 0.1) is 0 Å². The van der Waals surface area contributed by atoms with E-state index in [1.807, 2.05) is 25.1 Å². The summed E-state index contributed by atoms with van der Waals surface area (Å²) in [6.07, 6.45) is 3.92. The van der Waals surface area contributed by atoms with Gasteiger partial charge in [-0.25, -0.2) is 0 Å². The summed E-state index contributed by atoms with van der Waals surface area (Å²) in [5.74, 6) is -0.0106. The summed E-state index contributed by atoms with van der Waals surface area (Å²) in [5.41, 5.74) is 2.14. The molecule has 1 heterocycles. The van der Waals surface area contributed by atoms with Crippen LogP contribution in [0.3, 0.4) is 0 Å². The van der Waals surface area contributed by atoms with Crippen molar-refractivity contribution in [2.24, 2.45) is 0 Å². The van der Waals surface area contributed by atoms with Crippen molar-refractivity contribution >= 4 is 17.5 Å². The van der Waals surface area contributed by atoms with E-state index >= 15 is 0 Å². The van der Waals surface area contributed by atoms with Crippen LogP contribution in [-0.2, 0) is 16.0 Å². The fraction of sp³-hybridized carbons (Fsp3) is 0.529. The van der Waals surface area contributed by atoms with Crippen LogP contribution in [0.1, 0.15) is 45.1 Å². The molecule has 2 amide bonds. The number of rotatable bonds is 5. The van der Waals surface area contributed by atoms with E-state index in [9.17, 15) is 9.59 Å². The van der Waals surface area contributed by atoms with E-state index in [4.69, 9.17) is 0 Å². The van der Waals surface area contributed by atoms with E-state index in [0.717, 1.165) is 24.9 Å². The number of benzene rings is 1. The third-order valence-electron chi connectivity index (χ3n) is 3.84. The van der Waals surface area contributed by atoms with E-state index in [1.165, 1.54) is 5.56 Å². The number of hydrogen-bond acceptors (Lipinski definition) is 2. The molecule has 1 aliphatic heterocycles. The first-order valence-corrected chi connectivity index (χ1v) is 7.86. The van der Waals surface area contributed by atoms with Crippen molar-refractivity contribution in [2.45, 2.75) is 52.0 Å². The molecule has 0 aliphatic carbocycles. The van der Waals surface area contributed by atoms with Crippen LogP contribution in [0.25, 0.3) is 0 Å². The number of para-hydroxylation sites is 1. The average Bonchev–Trinajstić information content (AvgIpc) is 2.61. The van der Waals surface area contributed by atoms with Gasteiger partial charge in [0.05, 0.1) is 0 Å². The first-order valence-electron chi connectivity index (χ1n) is 7.86. The highest BCUT2D eigenvalue weighted by atomic mass is 16.2. The zero-order valence-corrected chi connectivity index (χ0v) is 12.9. The molecule has 114 valence electrons. The molecule has 4 nitrogen and oxygen atoms in total. The minimum Gasteiger partial charge on any atom is -0.344 e. The molecular weight excluding hydrogens is 264 g/mol. The third kappa shape index (κ3) is 3.63. The van der Waals surface area contributed by atoms with Crippen molar-refractivity contribution in [3.05, 3.63) is 29.8 Å². The zero-order valence-electron chi connectivity index (χ0n) is 12.9. The molecule has 1 N–H and O–H groups in total. The largest absolute Gasteiger partial charge is 0.344 e. The zero-order chi connectivity index (χ0) is 15.2. The van der Waals surface area contributed by atoms with E-state index in [0.29, 0.717) is 19.4 Å². The normalized spacial score (nSPS) is 19.3. The molecule has 4 heteroatoms. The fourth-order valence-corrected chi connectivity index (χ4v) is 2.82. The Hall–Kier alpha value is -1.84. The van der Waals surface area contributed by atoms with Crippen LogP contribution in [-0.4, -0.2) is 24.4 Å². The molecule has 1 aromatic rings. The van der Waals surface area contributed by atoms with Gasteiger partial charge in [-0.3, -0.25) is 9.59 Å². The molecule has 0 radical (unpaired) electrons. The monoisotopic (exact) mass is 288 g/mol. The Labute approximate surface area is 126 Å². The van der Waals surface area contributed by atoms with E-state index in [1.54, 1.807) is 4.90 Å². The van der Waals surface area contributed by atoms with E-state index in [2.05, 4.69) is 18.3 Å². The first kappa shape index (κ1) is 15.5. The molecule has 21 heavy (non-hydrogen) atoms. The number of nitrogens with zero attached hydrogens (tertiary/aromatic N) is 1. The van der Waals surface area contributed by atoms with Crippen LogP contribution in [0.15, 0.2) is 24.3 Å². The maximum atomic E-state index is 12.7. The highest BCUT2D eigenvalue weighted by molar-refractivity contribution is 6.01. The van der Waals surface area contributed by atoms with Gasteiger partial charge >= 0.3 is 0 Å². The molecule has 0 aromatic heterocycles. The lowest BCUT2D eigenvalue weighted by Gasteiger charge is -2.26. The number of carbonyl (C=O) groups excluding carboxylic acids is 2. The Bertz CT molecular complexity index is 513. The smallest absolute Gasteiger partial charge is 0.249 e. The van der Waals surface area contributed by atoms with Gasteiger partial charge in [0.15, 0.2) is 0 Å². The van der Waals surface area contributed by atoms with Crippen molar-refractivity contribution in [1.29, 1.82) is 0 Å². The molecule has 1 saturated heterocycles. The van der Waals surface area contributed by atoms with E-state index < -0.39 is 0 Å². The summed E-state index contributed by atoms with van der Waals surface area (Å²) in [4.78, 5) is 26.4. The summed E-state index contributed by atoms with van der Waals surface area (Å²) in [5, 5.41) is 2.85. The lowest BCUT2D eigenvalue weighted by molar-refractivity contribution is -0.125. The second-order valence-corrected chi connectivity index (χ2v) is 5.53. The van der Waals surface area contributed by atoms with Crippen molar-refractivity contribution in [3.63, 3.8) is 0 Å². The number of amides is 2. The minimum atomic E-state index is -0.389. The van der Waals surface area contributed by atoms with Gasteiger partial charge < -0.3 is 10.2 Å². The summed E-state index contributed by atoms with van der Waals surface area (Å²) < 4.78 is 0. The van der Waals surface area contributed by atoms with Crippen LogP contribution < -0.4 is 10.2 Å². The maximum Gasteiger partial charge on any atom is 0.249 e. The van der Waals surface area contributed by atoms with Gasteiger partial charge in [-0.2, -0.15) is 0 Å². The van der Waals surface area contributed by atoms with Gasteiger partial charge in [0.2, 0.25) is 11.8 Å². The Morgan fingerprint density at radius 1 is 1.19 bits per heavy atom. The van der Waals surface area contributed by atoms with Crippen LogP contribution in [0.5, 0.6) is 0 Å². The van der Waals surface area contributed by atoms with Crippen molar-refractivity contribution in [3.8, 4) is 0 Å². The molecule has 1 atom stereocenters. The molecule has 1 aliphatic rings. The molecule has 1 unspecified atom stereocenters. The highest BCUT2D eigenvalue weighted by Gasteiger charge is 2.30. The number of carbonyl (C=O) groups is 2. The predicted octanol–water partition coefficient (Wildman–Crippen LogP) is 2.66. The Kier molecular flexibility index (Phi) is 5.37. The van der Waals surface area contributed by atoms with Crippen molar-refractivity contribution in [1.82, 2.24) is 5.32 Å². The van der Waals surface area contributed by atoms with Gasteiger partial charge in [-0.05, 0) is 24.5 Å². The SMILES string of the molecule is CCCc1ccccc1N1CCC(=O)NC(CCC)C1=O. The van der Waals surface area contributed by atoms with Crippen LogP contribution >= 0.6 is 0 Å². The summed E-state index contributed by atoms with van der Waals surface area (Å²) in [7, 11) is 0. The summed E-state index contributed by atoms with van der Waals surface area (Å²) in [6.45, 7) is 4.62. The minimum absolute atomic E-state index is 0.0197. The Balaban J connectivity index is 2.32. The molecule has 0 spiro atoms. The quantitative estimate of drug-likeness (QED) is 0.905. The molecule has 1 fully saturated rings. The van der Waals surface area contributed by atoms with Gasteiger partial charge in [0.1, 0.15) is 6.04 Å². The second kappa shape index (κ2) is 7.25. The summed E-state index contributed by atoms with van der Waals surface area (Å²) >= 11 is 0. The predicted molar refractivity (Wildman–Crippen MR) is 84.2 cm³/mol. The molecule has 2 rings (SSSR count). The third-order valence-corrected chi connectivity index (χ3v) is 3.84. The molecule has 0 bridgehead atoms. The number of anilines is 1. The van der Waals surface area contributed by atoms with Crippen molar-refractivity contribution in [2.75, 3.05) is 11.4 Å². The number of nitrogens with one attached hydrogen (secondary N) is 1. The Morgan fingerprint density at radius 3 is 2.67 bits per heavy atom. The maximum absolute atomic E-state index is 12.7. The van der Waals surface area contributed by atoms with Crippen LogP contribution in [0.2, 0.25) is 0 Å². The topological polar surface area (TPSA) is 49.4 Å². The van der Waals surface area contributed by atoms with Gasteiger partial charge in [-0.15, -0.1) is 0 Å². The van der Waals surface area contributed by atoms with Gasteiger partial charge in [-0.1, -0.05) is 44.9 Å². The lowest BCUT2D eigenvalue weighted by atomic mass is 10.1.